The van der Waals surface area contributed by atoms with Crippen LogP contribution in [0.5, 0.6) is 5.75 Å². The summed E-state index contributed by atoms with van der Waals surface area (Å²) < 4.78 is 11.9. The number of methoxy groups -OCH3 is 1. The van der Waals surface area contributed by atoms with E-state index < -0.39 is 0 Å². The monoisotopic (exact) mass is 392 g/mol. The third-order valence-corrected chi connectivity index (χ3v) is 4.63. The average molecular weight is 394 g/mol. The second-order valence-electron chi connectivity index (χ2n) is 3.85. The van der Waals surface area contributed by atoms with E-state index in [4.69, 9.17) is 20.8 Å². The summed E-state index contributed by atoms with van der Waals surface area (Å²) in [4.78, 5) is -0.100. The maximum absolute atomic E-state index is 5.79. The van der Waals surface area contributed by atoms with Crippen LogP contribution >= 0.6 is 43.5 Å². The summed E-state index contributed by atoms with van der Waals surface area (Å²) in [5.41, 5.74) is 2.11. The van der Waals surface area contributed by atoms with Gasteiger partial charge in [0.1, 0.15) is 16.3 Å². The Morgan fingerprint density at radius 1 is 1.33 bits per heavy atom. The van der Waals surface area contributed by atoms with Gasteiger partial charge in [0.25, 0.3) is 0 Å². The molecule has 0 fully saturated rings. The molecule has 96 valence electrons. The fraction of sp³-hybridized carbons (Fsp3) is 0.231. The first-order chi connectivity index (χ1) is 8.52. The molecule has 0 radical (unpaired) electrons. The number of hydrogen-bond acceptors (Lipinski definition) is 2. The van der Waals surface area contributed by atoms with Crippen molar-refractivity contribution in [1.82, 2.24) is 0 Å². The van der Waals surface area contributed by atoms with E-state index in [9.17, 15) is 0 Å². The first kappa shape index (κ1) is 14.0. The van der Waals surface area contributed by atoms with Gasteiger partial charge in [-0.2, -0.15) is 0 Å². The summed E-state index contributed by atoms with van der Waals surface area (Å²) in [6.45, 7) is 2.02. The van der Waals surface area contributed by atoms with Crippen LogP contribution < -0.4 is 4.74 Å². The Labute approximate surface area is 128 Å². The molecule has 0 aliphatic heterocycles. The molecule has 1 aromatic carbocycles. The molecule has 1 aromatic heterocycles. The predicted molar refractivity (Wildman–Crippen MR) is 79.9 cm³/mol. The Bertz CT molecular complexity index is 566. The fourth-order valence-corrected chi connectivity index (χ4v) is 2.78. The van der Waals surface area contributed by atoms with Crippen LogP contribution in [-0.2, 0) is 0 Å². The van der Waals surface area contributed by atoms with Gasteiger partial charge in [-0.25, -0.2) is 0 Å². The third-order valence-electron chi connectivity index (χ3n) is 2.63. The van der Waals surface area contributed by atoms with Gasteiger partial charge < -0.3 is 9.15 Å². The topological polar surface area (TPSA) is 22.4 Å². The Balaban J connectivity index is 2.46. The molecule has 18 heavy (non-hydrogen) atoms. The van der Waals surface area contributed by atoms with Gasteiger partial charge in [-0.15, -0.1) is 0 Å². The van der Waals surface area contributed by atoms with Crippen LogP contribution in [0.25, 0.3) is 0 Å². The van der Waals surface area contributed by atoms with Crippen molar-refractivity contribution in [3.8, 4) is 5.75 Å². The SMILES string of the molecule is COc1cc(C)c(Br)cc1C(Br)c1ccc(Cl)o1. The quantitative estimate of drug-likeness (QED) is 0.642. The van der Waals surface area contributed by atoms with E-state index in [1.807, 2.05) is 25.1 Å². The summed E-state index contributed by atoms with van der Waals surface area (Å²) in [5, 5.41) is 0.375. The summed E-state index contributed by atoms with van der Waals surface area (Å²) in [6, 6.07) is 7.57. The number of hydrogen-bond donors (Lipinski definition) is 0. The standard InChI is InChI=1S/C13H11Br2ClO2/c1-7-5-11(17-2)8(6-9(7)14)13(15)10-3-4-12(16)18-10/h3-6,13H,1-2H3. The van der Waals surface area contributed by atoms with Crippen molar-refractivity contribution in [2.24, 2.45) is 0 Å². The highest BCUT2D eigenvalue weighted by Crippen LogP contribution is 2.40. The molecule has 2 nitrogen and oxygen atoms in total. The van der Waals surface area contributed by atoms with Crippen LogP contribution in [0.1, 0.15) is 21.7 Å². The predicted octanol–water partition coefficient (Wildman–Crippen LogP) is 5.50. The average Bonchev–Trinajstić information content (AvgIpc) is 2.78. The summed E-state index contributed by atoms with van der Waals surface area (Å²) >= 11 is 12.9. The highest BCUT2D eigenvalue weighted by atomic mass is 79.9. The van der Waals surface area contributed by atoms with Crippen LogP contribution in [0.2, 0.25) is 5.22 Å². The first-order valence-corrected chi connectivity index (χ1v) is 7.35. The molecule has 1 atom stereocenters. The first-order valence-electron chi connectivity index (χ1n) is 5.26. The van der Waals surface area contributed by atoms with Crippen molar-refractivity contribution in [1.29, 1.82) is 0 Å². The fourth-order valence-electron chi connectivity index (χ4n) is 1.66. The van der Waals surface area contributed by atoms with Crippen LogP contribution in [0.15, 0.2) is 33.2 Å². The van der Waals surface area contributed by atoms with Crippen LogP contribution in [0.4, 0.5) is 0 Å². The molecule has 5 heteroatoms. The van der Waals surface area contributed by atoms with Crippen LogP contribution in [0.3, 0.4) is 0 Å². The van der Waals surface area contributed by atoms with E-state index in [1.165, 1.54) is 0 Å². The van der Waals surface area contributed by atoms with Gasteiger partial charge in [0, 0.05) is 10.0 Å². The molecule has 0 spiro atoms. The normalized spacial score (nSPS) is 12.5. The molecule has 0 saturated heterocycles. The van der Waals surface area contributed by atoms with E-state index in [0.29, 0.717) is 5.22 Å². The number of aryl methyl sites for hydroxylation is 1. The van der Waals surface area contributed by atoms with Gasteiger partial charge in [0.15, 0.2) is 5.22 Å². The van der Waals surface area contributed by atoms with Crippen LogP contribution in [0, 0.1) is 6.92 Å². The van der Waals surface area contributed by atoms with E-state index in [1.54, 1.807) is 13.2 Å². The number of halogens is 3. The highest BCUT2D eigenvalue weighted by molar-refractivity contribution is 9.10. The summed E-state index contributed by atoms with van der Waals surface area (Å²) in [5.74, 6) is 1.55. The number of furan rings is 1. The number of rotatable bonds is 3. The Morgan fingerprint density at radius 2 is 2.06 bits per heavy atom. The molecule has 0 bridgehead atoms. The lowest BCUT2D eigenvalue weighted by Crippen LogP contribution is -1.97. The van der Waals surface area contributed by atoms with Gasteiger partial charge in [0.05, 0.1) is 7.11 Å². The summed E-state index contributed by atoms with van der Waals surface area (Å²) in [7, 11) is 1.65. The molecular weight excluding hydrogens is 383 g/mol. The minimum Gasteiger partial charge on any atom is -0.496 e. The Morgan fingerprint density at radius 3 is 2.61 bits per heavy atom. The number of benzene rings is 1. The molecule has 1 unspecified atom stereocenters. The molecule has 1 heterocycles. The summed E-state index contributed by atoms with van der Waals surface area (Å²) in [6.07, 6.45) is 0. The minimum absolute atomic E-state index is 0.100. The molecule has 0 saturated carbocycles. The molecule has 0 amide bonds. The lowest BCUT2D eigenvalue weighted by atomic mass is 10.1. The second kappa shape index (κ2) is 5.68. The number of ether oxygens (including phenoxy) is 1. The van der Waals surface area contributed by atoms with Crippen molar-refractivity contribution >= 4 is 43.5 Å². The molecular formula is C13H11Br2ClO2. The van der Waals surface area contributed by atoms with Gasteiger partial charge >= 0.3 is 0 Å². The third kappa shape index (κ3) is 2.76. The van der Waals surface area contributed by atoms with Crippen molar-refractivity contribution in [2.75, 3.05) is 7.11 Å². The van der Waals surface area contributed by atoms with Crippen LogP contribution in [-0.4, -0.2) is 7.11 Å². The number of alkyl halides is 1. The molecule has 2 rings (SSSR count). The molecule has 0 aliphatic rings. The minimum atomic E-state index is -0.100. The Kier molecular flexibility index (Phi) is 4.41. The second-order valence-corrected chi connectivity index (χ2v) is 5.99. The molecule has 0 aliphatic carbocycles. The smallest absolute Gasteiger partial charge is 0.193 e. The molecule has 2 aromatic rings. The highest BCUT2D eigenvalue weighted by Gasteiger charge is 2.19. The lowest BCUT2D eigenvalue weighted by Gasteiger charge is -2.14. The van der Waals surface area contributed by atoms with Gasteiger partial charge in [-0.1, -0.05) is 31.9 Å². The molecule has 0 N–H and O–H groups in total. The van der Waals surface area contributed by atoms with Crippen molar-refractivity contribution < 1.29 is 9.15 Å². The zero-order valence-corrected chi connectivity index (χ0v) is 13.8. The van der Waals surface area contributed by atoms with E-state index in [2.05, 4.69) is 31.9 Å². The van der Waals surface area contributed by atoms with Crippen molar-refractivity contribution in [2.45, 2.75) is 11.8 Å². The van der Waals surface area contributed by atoms with E-state index in [-0.39, 0.29) is 4.83 Å². The Hall–Kier alpha value is -0.450. The van der Waals surface area contributed by atoms with Gasteiger partial charge in [0.2, 0.25) is 0 Å². The zero-order valence-electron chi connectivity index (χ0n) is 9.84. The van der Waals surface area contributed by atoms with Gasteiger partial charge in [-0.05, 0) is 48.4 Å². The lowest BCUT2D eigenvalue weighted by molar-refractivity contribution is 0.408. The maximum Gasteiger partial charge on any atom is 0.193 e. The van der Waals surface area contributed by atoms with Crippen molar-refractivity contribution in [3.05, 3.63) is 50.8 Å². The maximum atomic E-state index is 5.79. The zero-order chi connectivity index (χ0) is 13.3. The van der Waals surface area contributed by atoms with E-state index >= 15 is 0 Å². The van der Waals surface area contributed by atoms with E-state index in [0.717, 1.165) is 27.1 Å². The van der Waals surface area contributed by atoms with Gasteiger partial charge in [-0.3, -0.25) is 0 Å². The largest absolute Gasteiger partial charge is 0.496 e. The van der Waals surface area contributed by atoms with Crippen molar-refractivity contribution in [3.63, 3.8) is 0 Å².